The smallest absolute Gasteiger partial charge is 0.128 e. The fraction of sp³-hybridized carbons (Fsp3) is 0.333. The zero-order valence-corrected chi connectivity index (χ0v) is 11.4. The average Bonchev–Trinajstić information content (AvgIpc) is 2.71. The second-order valence-corrected chi connectivity index (χ2v) is 4.57. The lowest BCUT2D eigenvalue weighted by Crippen LogP contribution is -2.04. The van der Waals surface area contributed by atoms with E-state index in [1.165, 1.54) is 16.8 Å². The molecule has 0 aliphatic carbocycles. The third-order valence-electron chi connectivity index (χ3n) is 3.13. The highest BCUT2D eigenvalue weighted by Gasteiger charge is 2.10. The summed E-state index contributed by atoms with van der Waals surface area (Å²) in [5.74, 6) is 0.901. The summed E-state index contributed by atoms with van der Waals surface area (Å²) in [4.78, 5) is 3.43. The molecular weight excluding hydrogens is 224 g/mol. The minimum atomic E-state index is 0.871. The van der Waals surface area contributed by atoms with E-state index in [1.54, 1.807) is 7.11 Å². The second-order valence-electron chi connectivity index (χ2n) is 4.57. The molecule has 1 aromatic carbocycles. The minimum absolute atomic E-state index is 0.871. The van der Waals surface area contributed by atoms with Crippen LogP contribution in [-0.4, -0.2) is 19.1 Å². The van der Waals surface area contributed by atoms with Gasteiger partial charge in [-0.1, -0.05) is 11.6 Å². The molecule has 0 saturated carbocycles. The van der Waals surface area contributed by atoms with Crippen LogP contribution in [0.15, 0.2) is 24.3 Å². The number of aromatic nitrogens is 1. The van der Waals surface area contributed by atoms with Crippen LogP contribution in [0.4, 0.5) is 0 Å². The van der Waals surface area contributed by atoms with Crippen molar-refractivity contribution in [3.8, 4) is 17.0 Å². The molecule has 0 spiro atoms. The highest BCUT2D eigenvalue weighted by atomic mass is 16.5. The molecule has 0 aliphatic heterocycles. The van der Waals surface area contributed by atoms with E-state index in [9.17, 15) is 0 Å². The molecule has 0 fully saturated rings. The normalized spacial score (nSPS) is 10.7. The Morgan fingerprint density at radius 2 is 2.00 bits per heavy atom. The van der Waals surface area contributed by atoms with E-state index in [4.69, 9.17) is 4.74 Å². The highest BCUT2D eigenvalue weighted by Crippen LogP contribution is 2.31. The summed E-state index contributed by atoms with van der Waals surface area (Å²) in [5, 5.41) is 3.18. The summed E-state index contributed by atoms with van der Waals surface area (Å²) in [5.41, 5.74) is 5.94. The molecular formula is C15H20N2O. The number of ether oxygens (including phenoxy) is 1. The third-order valence-corrected chi connectivity index (χ3v) is 3.13. The molecule has 2 rings (SSSR count). The molecule has 3 nitrogen and oxygen atoms in total. The maximum absolute atomic E-state index is 5.43. The molecule has 3 heteroatoms. The summed E-state index contributed by atoms with van der Waals surface area (Å²) >= 11 is 0. The predicted molar refractivity (Wildman–Crippen MR) is 75.0 cm³/mol. The Bertz CT molecular complexity index is 543. The largest absolute Gasteiger partial charge is 0.496 e. The van der Waals surface area contributed by atoms with Gasteiger partial charge in [0.2, 0.25) is 0 Å². The van der Waals surface area contributed by atoms with Gasteiger partial charge in [-0.15, -0.1) is 0 Å². The van der Waals surface area contributed by atoms with Crippen molar-refractivity contribution >= 4 is 0 Å². The lowest BCUT2D eigenvalue weighted by molar-refractivity contribution is 0.416. The van der Waals surface area contributed by atoms with Crippen LogP contribution in [0.2, 0.25) is 0 Å². The van der Waals surface area contributed by atoms with Crippen LogP contribution in [0.25, 0.3) is 11.3 Å². The molecule has 0 aliphatic rings. The minimum Gasteiger partial charge on any atom is -0.496 e. The Balaban J connectivity index is 2.47. The topological polar surface area (TPSA) is 37.0 Å². The number of benzene rings is 1. The maximum Gasteiger partial charge on any atom is 0.128 e. The van der Waals surface area contributed by atoms with E-state index in [-0.39, 0.29) is 0 Å². The van der Waals surface area contributed by atoms with Crippen molar-refractivity contribution in [3.05, 3.63) is 41.1 Å². The van der Waals surface area contributed by atoms with Crippen molar-refractivity contribution < 1.29 is 4.74 Å². The van der Waals surface area contributed by atoms with E-state index >= 15 is 0 Å². The molecule has 1 heterocycles. The van der Waals surface area contributed by atoms with Gasteiger partial charge in [0.15, 0.2) is 0 Å². The first-order chi connectivity index (χ1) is 8.65. The fourth-order valence-corrected chi connectivity index (χ4v) is 2.15. The van der Waals surface area contributed by atoms with Gasteiger partial charge >= 0.3 is 0 Å². The van der Waals surface area contributed by atoms with Crippen LogP contribution in [0.3, 0.4) is 0 Å². The maximum atomic E-state index is 5.43. The van der Waals surface area contributed by atoms with Crippen molar-refractivity contribution in [1.29, 1.82) is 0 Å². The summed E-state index contributed by atoms with van der Waals surface area (Å²) in [6.45, 7) is 5.06. The summed E-state index contributed by atoms with van der Waals surface area (Å²) in [7, 11) is 3.66. The Kier molecular flexibility index (Phi) is 3.72. The van der Waals surface area contributed by atoms with E-state index in [0.717, 1.165) is 23.6 Å². The molecule has 1 aromatic heterocycles. The SMILES string of the molecule is CNCc1cc(-c2cc(C)ccc2OC)[nH]c1C. The zero-order chi connectivity index (χ0) is 13.1. The number of rotatable bonds is 4. The molecule has 0 bridgehead atoms. The fourth-order valence-electron chi connectivity index (χ4n) is 2.15. The molecule has 0 radical (unpaired) electrons. The van der Waals surface area contributed by atoms with Crippen molar-refractivity contribution in [2.75, 3.05) is 14.2 Å². The van der Waals surface area contributed by atoms with Crippen LogP contribution in [0, 0.1) is 13.8 Å². The van der Waals surface area contributed by atoms with Gasteiger partial charge in [0.1, 0.15) is 5.75 Å². The van der Waals surface area contributed by atoms with Gasteiger partial charge in [-0.2, -0.15) is 0 Å². The van der Waals surface area contributed by atoms with Gasteiger partial charge in [0, 0.05) is 23.5 Å². The second kappa shape index (κ2) is 5.27. The molecule has 0 atom stereocenters. The number of H-pyrrole nitrogens is 1. The molecule has 0 saturated heterocycles. The molecule has 0 amide bonds. The third kappa shape index (κ3) is 2.41. The van der Waals surface area contributed by atoms with Crippen molar-refractivity contribution in [2.24, 2.45) is 0 Å². The van der Waals surface area contributed by atoms with Gasteiger partial charge in [-0.3, -0.25) is 0 Å². The lowest BCUT2D eigenvalue weighted by atomic mass is 10.1. The Labute approximate surface area is 108 Å². The Morgan fingerprint density at radius 3 is 2.67 bits per heavy atom. The lowest BCUT2D eigenvalue weighted by Gasteiger charge is -2.07. The number of hydrogen-bond acceptors (Lipinski definition) is 2. The average molecular weight is 244 g/mol. The molecule has 96 valence electrons. The zero-order valence-electron chi connectivity index (χ0n) is 11.4. The number of aryl methyl sites for hydroxylation is 2. The Morgan fingerprint density at radius 1 is 1.22 bits per heavy atom. The van der Waals surface area contributed by atoms with Crippen LogP contribution < -0.4 is 10.1 Å². The van der Waals surface area contributed by atoms with E-state index in [1.807, 2.05) is 13.1 Å². The Hall–Kier alpha value is -1.74. The van der Waals surface area contributed by atoms with Crippen LogP contribution in [0.5, 0.6) is 5.75 Å². The van der Waals surface area contributed by atoms with Crippen molar-refractivity contribution in [3.63, 3.8) is 0 Å². The van der Waals surface area contributed by atoms with Crippen LogP contribution in [0.1, 0.15) is 16.8 Å². The first kappa shape index (κ1) is 12.7. The molecule has 2 N–H and O–H groups in total. The van der Waals surface area contributed by atoms with E-state index in [0.29, 0.717) is 0 Å². The van der Waals surface area contributed by atoms with E-state index in [2.05, 4.69) is 42.3 Å². The number of aromatic amines is 1. The van der Waals surface area contributed by atoms with Crippen molar-refractivity contribution in [1.82, 2.24) is 10.3 Å². The summed E-state index contributed by atoms with van der Waals surface area (Å²) in [6.07, 6.45) is 0. The van der Waals surface area contributed by atoms with Gasteiger partial charge in [0.25, 0.3) is 0 Å². The van der Waals surface area contributed by atoms with Crippen LogP contribution in [-0.2, 0) is 6.54 Å². The first-order valence-electron chi connectivity index (χ1n) is 6.13. The monoisotopic (exact) mass is 244 g/mol. The number of nitrogens with one attached hydrogen (secondary N) is 2. The number of hydrogen-bond donors (Lipinski definition) is 2. The number of methoxy groups -OCH3 is 1. The van der Waals surface area contributed by atoms with Crippen molar-refractivity contribution in [2.45, 2.75) is 20.4 Å². The predicted octanol–water partition coefficient (Wildman–Crippen LogP) is 3.03. The summed E-state index contributed by atoms with van der Waals surface area (Å²) in [6, 6.07) is 8.40. The summed E-state index contributed by atoms with van der Waals surface area (Å²) < 4.78 is 5.43. The quantitative estimate of drug-likeness (QED) is 0.867. The first-order valence-corrected chi connectivity index (χ1v) is 6.13. The van der Waals surface area contributed by atoms with Gasteiger partial charge in [-0.05, 0) is 44.7 Å². The molecule has 0 unspecified atom stereocenters. The van der Waals surface area contributed by atoms with E-state index < -0.39 is 0 Å². The standard InChI is InChI=1S/C15H20N2O/c1-10-5-6-15(18-4)13(7-10)14-8-12(9-16-3)11(2)17-14/h5-8,16-17H,9H2,1-4H3. The van der Waals surface area contributed by atoms with Gasteiger partial charge < -0.3 is 15.0 Å². The van der Waals surface area contributed by atoms with Gasteiger partial charge in [-0.25, -0.2) is 0 Å². The van der Waals surface area contributed by atoms with Crippen LogP contribution >= 0.6 is 0 Å². The molecule has 2 aromatic rings. The highest BCUT2D eigenvalue weighted by molar-refractivity contribution is 5.69. The van der Waals surface area contributed by atoms with Gasteiger partial charge in [0.05, 0.1) is 7.11 Å². The molecule has 18 heavy (non-hydrogen) atoms.